The second-order valence-electron chi connectivity index (χ2n) is 12.7. The molecular weight excluding hydrogens is 671 g/mol. The third-order valence-electron chi connectivity index (χ3n) is 8.58. The van der Waals surface area contributed by atoms with Gasteiger partial charge in [0.2, 0.25) is 5.88 Å². The lowest BCUT2D eigenvalue weighted by atomic mass is 9.85. The number of hydrogen-bond acceptors (Lipinski definition) is 8. The van der Waals surface area contributed by atoms with E-state index in [0.29, 0.717) is 48.6 Å². The van der Waals surface area contributed by atoms with Gasteiger partial charge in [-0.05, 0) is 68.5 Å². The van der Waals surface area contributed by atoms with Crippen LogP contribution in [0.3, 0.4) is 0 Å². The van der Waals surface area contributed by atoms with Gasteiger partial charge in [-0.3, -0.25) is 9.52 Å². The summed E-state index contributed by atoms with van der Waals surface area (Å²) in [6.07, 6.45) is 0.588. The minimum atomic E-state index is -4.54. The molecule has 4 aromatic rings. The second kappa shape index (κ2) is 15.4. The van der Waals surface area contributed by atoms with Crippen molar-refractivity contribution >= 4 is 27.6 Å². The number of nitrogens with zero attached hydrogens (tertiary/aromatic N) is 4. The van der Waals surface area contributed by atoms with Crippen LogP contribution in [0.25, 0.3) is 22.5 Å². The van der Waals surface area contributed by atoms with Gasteiger partial charge in [0.15, 0.2) is 11.6 Å². The Balaban J connectivity index is 1.58. The molecule has 4 bridgehead atoms. The molecule has 4 heterocycles. The van der Waals surface area contributed by atoms with E-state index in [9.17, 15) is 31.5 Å². The molecule has 0 radical (unpaired) electrons. The van der Waals surface area contributed by atoms with Gasteiger partial charge in [-0.2, -0.15) is 21.6 Å². The molecule has 14 heteroatoms. The zero-order valence-corrected chi connectivity index (χ0v) is 28.7. The molecular formula is C36H40F3N5O5S. The van der Waals surface area contributed by atoms with E-state index in [1.165, 1.54) is 24.3 Å². The van der Waals surface area contributed by atoms with E-state index < -0.39 is 34.2 Å². The van der Waals surface area contributed by atoms with Gasteiger partial charge in [-0.1, -0.05) is 62.6 Å². The SMILES string of the molecule is CCC[C@](C)(CN1CCCCCCc2ccccc2-c2nc(ccc2-c2cccc(OCC(F)(F)F)n2)NS(=O)(=O)c2cccc1n2)C(=O)O. The number of carbonyl (C=O) groups is 1. The average Bonchev–Trinajstić information content (AvgIpc) is 3.08. The van der Waals surface area contributed by atoms with Gasteiger partial charge >= 0.3 is 12.1 Å². The van der Waals surface area contributed by atoms with Crippen molar-refractivity contribution in [2.24, 2.45) is 5.41 Å². The minimum absolute atomic E-state index is 0.00203. The monoisotopic (exact) mass is 711 g/mol. The van der Waals surface area contributed by atoms with Crippen molar-refractivity contribution in [2.45, 2.75) is 70.0 Å². The first-order valence-electron chi connectivity index (χ1n) is 16.5. The van der Waals surface area contributed by atoms with Gasteiger partial charge in [-0.25, -0.2) is 15.0 Å². The summed E-state index contributed by atoms with van der Waals surface area (Å²) in [5.41, 5.74) is 1.79. The first kappa shape index (κ1) is 36.6. The predicted molar refractivity (Wildman–Crippen MR) is 185 cm³/mol. The molecule has 50 heavy (non-hydrogen) atoms. The highest BCUT2D eigenvalue weighted by molar-refractivity contribution is 7.92. The minimum Gasteiger partial charge on any atom is -0.481 e. The molecule has 0 amide bonds. The van der Waals surface area contributed by atoms with Crippen LogP contribution in [0.4, 0.5) is 24.8 Å². The molecule has 0 unspecified atom stereocenters. The van der Waals surface area contributed by atoms with Crippen LogP contribution < -0.4 is 14.4 Å². The molecule has 0 saturated carbocycles. The van der Waals surface area contributed by atoms with Crippen LogP contribution in [0, 0.1) is 5.41 Å². The summed E-state index contributed by atoms with van der Waals surface area (Å²) in [6, 6.07) is 19.8. The number of benzene rings is 1. The number of aryl methyl sites for hydroxylation is 1. The fourth-order valence-corrected chi connectivity index (χ4v) is 7.06. The van der Waals surface area contributed by atoms with Crippen LogP contribution in [0.5, 0.6) is 5.88 Å². The number of nitrogens with one attached hydrogen (secondary N) is 1. The first-order chi connectivity index (χ1) is 23.8. The molecule has 1 aliphatic rings. The highest BCUT2D eigenvalue weighted by Crippen LogP contribution is 2.35. The van der Waals surface area contributed by atoms with E-state index in [4.69, 9.17) is 9.72 Å². The van der Waals surface area contributed by atoms with Gasteiger partial charge in [0, 0.05) is 30.3 Å². The van der Waals surface area contributed by atoms with Gasteiger partial charge in [-0.15, -0.1) is 0 Å². The molecule has 0 fully saturated rings. The highest BCUT2D eigenvalue weighted by Gasteiger charge is 2.35. The zero-order chi connectivity index (χ0) is 35.9. The van der Waals surface area contributed by atoms with Crippen molar-refractivity contribution in [3.8, 4) is 28.4 Å². The highest BCUT2D eigenvalue weighted by atomic mass is 32.2. The lowest BCUT2D eigenvalue weighted by Gasteiger charge is -2.33. The molecule has 0 spiro atoms. The molecule has 0 aliphatic carbocycles. The Morgan fingerprint density at radius 2 is 1.68 bits per heavy atom. The van der Waals surface area contributed by atoms with Crippen molar-refractivity contribution in [3.05, 3.63) is 78.4 Å². The summed E-state index contributed by atoms with van der Waals surface area (Å²) in [5, 5.41) is 9.85. The van der Waals surface area contributed by atoms with Gasteiger partial charge in [0.25, 0.3) is 10.0 Å². The Morgan fingerprint density at radius 3 is 2.44 bits per heavy atom. The Bertz CT molecular complexity index is 1920. The smallest absolute Gasteiger partial charge is 0.422 e. The van der Waals surface area contributed by atoms with Crippen LogP contribution >= 0.6 is 0 Å². The van der Waals surface area contributed by atoms with Crippen molar-refractivity contribution in [2.75, 3.05) is 29.3 Å². The number of aromatic nitrogens is 3. The second-order valence-corrected chi connectivity index (χ2v) is 14.3. The van der Waals surface area contributed by atoms with E-state index in [1.807, 2.05) is 36.1 Å². The molecule has 3 aromatic heterocycles. The number of pyridine rings is 3. The Morgan fingerprint density at radius 1 is 0.920 bits per heavy atom. The number of rotatable bonds is 8. The van der Waals surface area contributed by atoms with E-state index in [0.717, 1.165) is 36.8 Å². The number of alkyl halides is 3. The number of hydrogen-bond donors (Lipinski definition) is 2. The Kier molecular flexibility index (Phi) is 11.3. The van der Waals surface area contributed by atoms with Gasteiger partial charge in [0.05, 0.1) is 16.8 Å². The standard InChI is InChI=1S/C36H40F3N5O5S/c1-3-21-35(2,34(45)46)23-44-22-9-5-4-6-12-25-13-7-8-14-26(25)33-27(28-15-10-17-31(40-28)49-24-36(37,38)39)19-20-29(41-33)43-50(47,48)32-18-11-16-30(44)42-32/h7-8,10-11,13-20H,3-6,9,12,21-24H2,1-2H3,(H,41,43)(H,45,46)/t35-/m1/s1. The number of sulfonamides is 1. The molecule has 1 atom stereocenters. The van der Waals surface area contributed by atoms with Gasteiger partial charge in [0.1, 0.15) is 11.6 Å². The third-order valence-corrected chi connectivity index (χ3v) is 9.84. The maximum Gasteiger partial charge on any atom is 0.422 e. The average molecular weight is 712 g/mol. The Hall–Kier alpha value is -4.72. The van der Waals surface area contributed by atoms with Crippen LogP contribution in [-0.2, 0) is 21.2 Å². The van der Waals surface area contributed by atoms with E-state index >= 15 is 0 Å². The third kappa shape index (κ3) is 9.09. The normalized spacial score (nSPS) is 16.3. The summed E-state index contributed by atoms with van der Waals surface area (Å²) in [6.45, 7) is 2.80. The summed E-state index contributed by atoms with van der Waals surface area (Å²) in [4.78, 5) is 27.8. The van der Waals surface area contributed by atoms with Crippen molar-refractivity contribution < 1.29 is 36.2 Å². The fourth-order valence-electron chi connectivity index (χ4n) is 6.09. The number of fused-ring (bicyclic) bond motifs is 6. The van der Waals surface area contributed by atoms with Crippen molar-refractivity contribution in [1.29, 1.82) is 0 Å². The lowest BCUT2D eigenvalue weighted by Crippen LogP contribution is -2.42. The summed E-state index contributed by atoms with van der Waals surface area (Å²) in [5.74, 6) is -0.783. The summed E-state index contributed by atoms with van der Waals surface area (Å²) < 4.78 is 73.6. The first-order valence-corrected chi connectivity index (χ1v) is 18.0. The number of carboxylic acids is 1. The number of carboxylic acid groups (broad SMARTS) is 1. The summed E-state index contributed by atoms with van der Waals surface area (Å²) >= 11 is 0. The number of aliphatic carboxylic acids is 1. The molecule has 5 rings (SSSR count). The van der Waals surface area contributed by atoms with E-state index in [2.05, 4.69) is 14.7 Å². The van der Waals surface area contributed by atoms with Crippen LogP contribution in [0.2, 0.25) is 0 Å². The maximum absolute atomic E-state index is 13.8. The number of ether oxygens (including phenoxy) is 1. The van der Waals surface area contributed by atoms with Crippen LogP contribution in [-0.4, -0.2) is 60.3 Å². The topological polar surface area (TPSA) is 135 Å². The molecule has 1 aromatic carbocycles. The predicted octanol–water partition coefficient (Wildman–Crippen LogP) is 7.76. The quantitative estimate of drug-likeness (QED) is 0.188. The van der Waals surface area contributed by atoms with Crippen LogP contribution in [0.1, 0.15) is 57.9 Å². The van der Waals surface area contributed by atoms with Crippen LogP contribution in [0.15, 0.2) is 77.8 Å². The summed E-state index contributed by atoms with van der Waals surface area (Å²) in [7, 11) is -4.28. The van der Waals surface area contributed by atoms with Gasteiger partial charge < -0.3 is 14.7 Å². The molecule has 10 nitrogen and oxygen atoms in total. The van der Waals surface area contributed by atoms with Crippen molar-refractivity contribution in [3.63, 3.8) is 0 Å². The van der Waals surface area contributed by atoms with Crippen molar-refractivity contribution in [1.82, 2.24) is 15.0 Å². The van der Waals surface area contributed by atoms with E-state index in [1.54, 1.807) is 31.2 Å². The zero-order valence-electron chi connectivity index (χ0n) is 27.9. The Labute approximate surface area is 289 Å². The molecule has 2 N–H and O–H groups in total. The maximum atomic E-state index is 13.8. The number of halogens is 3. The molecule has 266 valence electrons. The number of anilines is 2. The largest absolute Gasteiger partial charge is 0.481 e. The van der Waals surface area contributed by atoms with E-state index in [-0.39, 0.29) is 23.3 Å². The molecule has 0 saturated heterocycles. The lowest BCUT2D eigenvalue weighted by molar-refractivity contribution is -0.154. The molecule has 1 aliphatic heterocycles. The fraction of sp³-hybridized carbons (Fsp3) is 0.389.